The molecule has 0 radical (unpaired) electrons. The Balaban J connectivity index is 0.000000187. The molecule has 4 heteroatoms. The van der Waals surface area contributed by atoms with E-state index in [2.05, 4.69) is 34.0 Å². The molecule has 0 fully saturated rings. The van der Waals surface area contributed by atoms with Crippen LogP contribution in [0.15, 0.2) is 47.4 Å². The van der Waals surface area contributed by atoms with E-state index < -0.39 is 0 Å². The van der Waals surface area contributed by atoms with E-state index in [1.807, 2.05) is 17.7 Å². The van der Waals surface area contributed by atoms with Gasteiger partial charge in [-0.15, -0.1) is 11.3 Å². The first kappa shape index (κ1) is 12.2. The van der Waals surface area contributed by atoms with Crippen LogP contribution in [0.4, 0.5) is 0 Å². The Morgan fingerprint density at radius 2 is 2.13 bits per heavy atom. The van der Waals surface area contributed by atoms with E-state index >= 15 is 0 Å². The number of nitrogens with zero attached hydrogens (tertiary/aromatic N) is 1. The van der Waals surface area contributed by atoms with Crippen molar-refractivity contribution in [3.63, 3.8) is 0 Å². The van der Waals surface area contributed by atoms with E-state index in [1.165, 1.54) is 5.56 Å². The van der Waals surface area contributed by atoms with Crippen LogP contribution in [0.5, 0.6) is 0 Å². The van der Waals surface area contributed by atoms with Gasteiger partial charge >= 0.3 is 0 Å². The van der Waals surface area contributed by atoms with Gasteiger partial charge in [0.1, 0.15) is 0 Å². The van der Waals surface area contributed by atoms with Gasteiger partial charge in [0.15, 0.2) is 0 Å². The standard InChI is InChI=1S/C8H11NS.C3H3NS/c1-10-9-7-8-5-3-2-4-6-8;1-2-5-3-4-1/h2-6,9H,7H2,1H3;1-3H. The lowest BCUT2D eigenvalue weighted by Gasteiger charge is -1.98. The van der Waals surface area contributed by atoms with Crippen LogP contribution >= 0.6 is 23.3 Å². The topological polar surface area (TPSA) is 24.9 Å². The van der Waals surface area contributed by atoms with Crippen LogP contribution in [-0.2, 0) is 6.54 Å². The van der Waals surface area contributed by atoms with Crippen LogP contribution in [0.1, 0.15) is 5.56 Å². The summed E-state index contributed by atoms with van der Waals surface area (Å²) in [6, 6.07) is 10.4. The predicted molar refractivity (Wildman–Crippen MR) is 68.9 cm³/mol. The second-order valence-corrected chi connectivity index (χ2v) is 4.14. The molecule has 2 aromatic rings. The lowest BCUT2D eigenvalue weighted by Crippen LogP contribution is -2.00. The summed E-state index contributed by atoms with van der Waals surface area (Å²) < 4.78 is 3.18. The summed E-state index contributed by atoms with van der Waals surface area (Å²) in [5, 5.41) is 1.93. The molecule has 1 heterocycles. The first-order chi connectivity index (χ1) is 7.43. The van der Waals surface area contributed by atoms with Gasteiger partial charge < -0.3 is 0 Å². The zero-order valence-electron chi connectivity index (χ0n) is 8.59. The normalized spacial score (nSPS) is 9.13. The maximum absolute atomic E-state index is 3.74. The number of rotatable bonds is 3. The van der Waals surface area contributed by atoms with Gasteiger partial charge in [0.2, 0.25) is 0 Å². The average molecular weight is 238 g/mol. The molecule has 2 rings (SSSR count). The van der Waals surface area contributed by atoms with Crippen molar-refractivity contribution in [2.75, 3.05) is 6.26 Å². The smallest absolute Gasteiger partial charge is 0.0791 e. The van der Waals surface area contributed by atoms with Gasteiger partial charge in [-0.25, -0.2) is 0 Å². The summed E-state index contributed by atoms with van der Waals surface area (Å²) in [6.45, 7) is 0.946. The zero-order chi connectivity index (χ0) is 10.8. The minimum atomic E-state index is 0.946. The first-order valence-corrected chi connectivity index (χ1v) is 6.72. The fraction of sp³-hybridized carbons (Fsp3) is 0.182. The van der Waals surface area contributed by atoms with Crippen LogP contribution < -0.4 is 4.72 Å². The van der Waals surface area contributed by atoms with E-state index in [-0.39, 0.29) is 0 Å². The Hall–Kier alpha value is -0.840. The van der Waals surface area contributed by atoms with E-state index in [0.717, 1.165) is 6.54 Å². The Bertz CT molecular complexity index is 304. The van der Waals surface area contributed by atoms with Crippen molar-refractivity contribution in [1.82, 2.24) is 9.71 Å². The molecule has 0 amide bonds. The maximum atomic E-state index is 3.74. The molecular formula is C11H14N2S2. The summed E-state index contributed by atoms with van der Waals surface area (Å²) in [6.07, 6.45) is 3.80. The van der Waals surface area contributed by atoms with Crippen molar-refractivity contribution in [3.05, 3.63) is 53.0 Å². The quantitative estimate of drug-likeness (QED) is 0.831. The molecule has 0 spiro atoms. The Kier molecular flexibility index (Phi) is 6.90. The summed E-state index contributed by atoms with van der Waals surface area (Å²) in [5.41, 5.74) is 3.12. The molecule has 1 N–H and O–H groups in total. The third-order valence-corrected chi connectivity index (χ3v) is 2.57. The minimum Gasteiger partial charge on any atom is -0.260 e. The summed E-state index contributed by atoms with van der Waals surface area (Å²) in [4.78, 5) is 3.74. The predicted octanol–water partition coefficient (Wildman–Crippen LogP) is 3.20. The minimum absolute atomic E-state index is 0.946. The number of nitrogens with one attached hydrogen (secondary N) is 1. The number of benzene rings is 1. The molecule has 1 aromatic heterocycles. The van der Waals surface area contributed by atoms with E-state index in [0.29, 0.717) is 0 Å². The molecule has 0 aliphatic heterocycles. The zero-order valence-corrected chi connectivity index (χ0v) is 10.2. The van der Waals surface area contributed by atoms with Crippen molar-refractivity contribution in [2.24, 2.45) is 0 Å². The third kappa shape index (κ3) is 6.28. The summed E-state index contributed by atoms with van der Waals surface area (Å²) >= 11 is 3.25. The second-order valence-electron chi connectivity index (χ2n) is 2.69. The molecule has 0 saturated heterocycles. The largest absolute Gasteiger partial charge is 0.260 e. The highest BCUT2D eigenvalue weighted by molar-refractivity contribution is 7.96. The van der Waals surface area contributed by atoms with Gasteiger partial charge in [0.05, 0.1) is 5.51 Å². The van der Waals surface area contributed by atoms with E-state index in [9.17, 15) is 0 Å². The van der Waals surface area contributed by atoms with Crippen LogP contribution in [0.2, 0.25) is 0 Å². The van der Waals surface area contributed by atoms with Gasteiger partial charge in [-0.05, 0) is 11.8 Å². The number of hydrogen-bond acceptors (Lipinski definition) is 4. The van der Waals surface area contributed by atoms with Crippen molar-refractivity contribution in [3.8, 4) is 0 Å². The van der Waals surface area contributed by atoms with Crippen molar-refractivity contribution >= 4 is 23.3 Å². The van der Waals surface area contributed by atoms with Gasteiger partial charge in [-0.1, -0.05) is 42.3 Å². The van der Waals surface area contributed by atoms with Crippen LogP contribution in [-0.4, -0.2) is 11.2 Å². The van der Waals surface area contributed by atoms with Gasteiger partial charge in [-0.3, -0.25) is 9.71 Å². The maximum Gasteiger partial charge on any atom is 0.0791 e. The van der Waals surface area contributed by atoms with Crippen LogP contribution in [0, 0.1) is 0 Å². The molecule has 0 bridgehead atoms. The number of hydrogen-bond donors (Lipinski definition) is 1. The van der Waals surface area contributed by atoms with Crippen molar-refractivity contribution in [1.29, 1.82) is 0 Å². The number of aromatic nitrogens is 1. The van der Waals surface area contributed by atoms with E-state index in [1.54, 1.807) is 35.0 Å². The summed E-state index contributed by atoms with van der Waals surface area (Å²) in [5.74, 6) is 0. The molecular weight excluding hydrogens is 224 g/mol. The van der Waals surface area contributed by atoms with Crippen molar-refractivity contribution in [2.45, 2.75) is 6.54 Å². The highest BCUT2D eigenvalue weighted by Gasteiger charge is 1.86. The lowest BCUT2D eigenvalue weighted by molar-refractivity contribution is 0.980. The van der Waals surface area contributed by atoms with Gasteiger partial charge in [0.25, 0.3) is 0 Å². The summed E-state index contributed by atoms with van der Waals surface area (Å²) in [7, 11) is 0. The molecule has 80 valence electrons. The monoisotopic (exact) mass is 238 g/mol. The second kappa shape index (κ2) is 8.47. The van der Waals surface area contributed by atoms with Crippen LogP contribution in [0.3, 0.4) is 0 Å². The van der Waals surface area contributed by atoms with Crippen molar-refractivity contribution < 1.29 is 0 Å². The Labute approximate surface area is 98.9 Å². The average Bonchev–Trinajstić information content (AvgIpc) is 2.86. The fourth-order valence-corrected chi connectivity index (χ4v) is 1.59. The molecule has 1 aromatic carbocycles. The molecule has 0 aliphatic rings. The lowest BCUT2D eigenvalue weighted by atomic mass is 10.2. The molecule has 0 aliphatic carbocycles. The molecule has 0 saturated carbocycles. The van der Waals surface area contributed by atoms with Gasteiger partial charge in [0, 0.05) is 18.1 Å². The first-order valence-electron chi connectivity index (χ1n) is 4.55. The fourth-order valence-electron chi connectivity index (χ4n) is 0.927. The highest BCUT2D eigenvalue weighted by Crippen LogP contribution is 1.98. The molecule has 15 heavy (non-hydrogen) atoms. The number of thiazole rings is 1. The molecule has 0 unspecified atom stereocenters. The SMILES string of the molecule is CSNCc1ccccc1.c1cscn1. The van der Waals surface area contributed by atoms with E-state index in [4.69, 9.17) is 0 Å². The Morgan fingerprint density at radius 1 is 1.33 bits per heavy atom. The third-order valence-electron chi connectivity index (χ3n) is 1.61. The molecule has 0 atom stereocenters. The van der Waals surface area contributed by atoms with Gasteiger partial charge in [-0.2, -0.15) is 0 Å². The highest BCUT2D eigenvalue weighted by atomic mass is 32.2. The Morgan fingerprint density at radius 3 is 2.60 bits per heavy atom. The van der Waals surface area contributed by atoms with Crippen LogP contribution in [0.25, 0.3) is 0 Å². The molecule has 2 nitrogen and oxygen atoms in total.